The van der Waals surface area contributed by atoms with Gasteiger partial charge in [-0.25, -0.2) is 4.39 Å². The van der Waals surface area contributed by atoms with Crippen LogP contribution in [0.5, 0.6) is 0 Å². The standard InChI is InChI=1S/C18H18FN5O2S/c1-24-11-21-22-17(24)27-9-8-20-16(25)18(6-7-18)15-10-14(26-23-15)12-4-2-3-5-13(12)19/h2-5,10-11H,6-9H2,1H3,(H,20,25). The molecule has 1 fully saturated rings. The van der Waals surface area contributed by atoms with Gasteiger partial charge in [-0.1, -0.05) is 29.1 Å². The van der Waals surface area contributed by atoms with Crippen LogP contribution in [0.2, 0.25) is 0 Å². The quantitative estimate of drug-likeness (QED) is 0.495. The SMILES string of the molecule is Cn1cnnc1SCCNC(=O)C1(c2cc(-c3ccccc3F)on2)CC1. The first-order valence-corrected chi connectivity index (χ1v) is 9.56. The summed E-state index contributed by atoms with van der Waals surface area (Å²) >= 11 is 1.52. The van der Waals surface area contributed by atoms with Crippen LogP contribution in [0.3, 0.4) is 0 Å². The number of halogens is 1. The number of nitrogens with zero attached hydrogens (tertiary/aromatic N) is 4. The molecule has 1 saturated carbocycles. The molecule has 9 heteroatoms. The van der Waals surface area contributed by atoms with E-state index < -0.39 is 5.41 Å². The Labute approximate surface area is 159 Å². The Hall–Kier alpha value is -2.68. The van der Waals surface area contributed by atoms with Crippen LogP contribution in [0.4, 0.5) is 4.39 Å². The van der Waals surface area contributed by atoms with E-state index >= 15 is 0 Å². The number of amides is 1. The van der Waals surface area contributed by atoms with Crippen molar-refractivity contribution in [3.8, 4) is 11.3 Å². The number of aromatic nitrogens is 4. The van der Waals surface area contributed by atoms with Gasteiger partial charge in [0.1, 0.15) is 12.1 Å². The zero-order valence-corrected chi connectivity index (χ0v) is 15.5. The van der Waals surface area contributed by atoms with Gasteiger partial charge >= 0.3 is 0 Å². The highest BCUT2D eigenvalue weighted by Gasteiger charge is 2.53. The van der Waals surface area contributed by atoms with Gasteiger partial charge in [0.2, 0.25) is 5.91 Å². The summed E-state index contributed by atoms with van der Waals surface area (Å²) in [5, 5.41) is 15.6. The smallest absolute Gasteiger partial charge is 0.232 e. The Kier molecular flexibility index (Phi) is 4.69. The third-order valence-electron chi connectivity index (χ3n) is 4.61. The number of benzene rings is 1. The van der Waals surface area contributed by atoms with E-state index in [0.717, 1.165) is 5.16 Å². The molecular formula is C18H18FN5O2S. The van der Waals surface area contributed by atoms with E-state index in [2.05, 4.69) is 20.7 Å². The summed E-state index contributed by atoms with van der Waals surface area (Å²) < 4.78 is 21.1. The number of carbonyl (C=O) groups excluding carboxylic acids is 1. The molecule has 1 N–H and O–H groups in total. The van der Waals surface area contributed by atoms with Gasteiger partial charge in [-0.2, -0.15) is 0 Å². The maximum Gasteiger partial charge on any atom is 0.232 e. The van der Waals surface area contributed by atoms with Crippen LogP contribution in [0.1, 0.15) is 18.5 Å². The summed E-state index contributed by atoms with van der Waals surface area (Å²) in [4.78, 5) is 12.7. The van der Waals surface area contributed by atoms with Gasteiger partial charge in [-0.3, -0.25) is 4.79 Å². The van der Waals surface area contributed by atoms with Crippen LogP contribution < -0.4 is 5.32 Å². The van der Waals surface area contributed by atoms with Crippen LogP contribution in [0.25, 0.3) is 11.3 Å². The molecule has 2 aromatic heterocycles. The summed E-state index contributed by atoms with van der Waals surface area (Å²) in [6.45, 7) is 0.510. The molecule has 3 aromatic rings. The van der Waals surface area contributed by atoms with E-state index in [-0.39, 0.29) is 11.7 Å². The van der Waals surface area contributed by atoms with Gasteiger partial charge in [-0.15, -0.1) is 10.2 Å². The van der Waals surface area contributed by atoms with Gasteiger partial charge in [0.15, 0.2) is 10.9 Å². The molecule has 1 aliphatic carbocycles. The average Bonchev–Trinajstić information content (AvgIpc) is 3.15. The van der Waals surface area contributed by atoms with Crippen LogP contribution in [0, 0.1) is 5.82 Å². The molecule has 0 bridgehead atoms. The molecule has 7 nitrogen and oxygen atoms in total. The van der Waals surface area contributed by atoms with E-state index in [0.29, 0.717) is 42.2 Å². The largest absolute Gasteiger partial charge is 0.356 e. The summed E-state index contributed by atoms with van der Waals surface area (Å²) in [7, 11) is 1.87. The van der Waals surface area contributed by atoms with Crippen molar-refractivity contribution in [2.45, 2.75) is 23.4 Å². The molecular weight excluding hydrogens is 369 g/mol. The lowest BCUT2D eigenvalue weighted by Gasteiger charge is -2.12. The highest BCUT2D eigenvalue weighted by molar-refractivity contribution is 7.99. The Bertz CT molecular complexity index is 966. The second-order valence-corrected chi connectivity index (χ2v) is 7.53. The second-order valence-electron chi connectivity index (χ2n) is 6.47. The van der Waals surface area contributed by atoms with Crippen molar-refractivity contribution in [3.05, 3.63) is 48.2 Å². The summed E-state index contributed by atoms with van der Waals surface area (Å²) in [5.41, 5.74) is 0.231. The predicted octanol–water partition coefficient (Wildman–Crippen LogP) is 2.55. The lowest BCUT2D eigenvalue weighted by Crippen LogP contribution is -2.36. The van der Waals surface area contributed by atoms with Crippen molar-refractivity contribution >= 4 is 17.7 Å². The van der Waals surface area contributed by atoms with Crippen molar-refractivity contribution in [1.82, 2.24) is 25.2 Å². The Morgan fingerprint density at radius 2 is 2.22 bits per heavy atom. The zero-order chi connectivity index (χ0) is 18.9. The second kappa shape index (κ2) is 7.15. The molecule has 0 spiro atoms. The molecule has 27 heavy (non-hydrogen) atoms. The van der Waals surface area contributed by atoms with Crippen molar-refractivity contribution in [3.63, 3.8) is 0 Å². The minimum Gasteiger partial charge on any atom is -0.356 e. The first kappa shape index (κ1) is 17.7. The van der Waals surface area contributed by atoms with Gasteiger partial charge in [0.25, 0.3) is 0 Å². The molecule has 4 rings (SSSR count). The number of nitrogens with one attached hydrogen (secondary N) is 1. The normalized spacial score (nSPS) is 14.9. The third kappa shape index (κ3) is 3.46. The molecule has 1 aromatic carbocycles. The molecule has 2 heterocycles. The van der Waals surface area contributed by atoms with Crippen molar-refractivity contribution in [1.29, 1.82) is 0 Å². The topological polar surface area (TPSA) is 85.8 Å². The van der Waals surface area contributed by atoms with Crippen LogP contribution >= 0.6 is 11.8 Å². The summed E-state index contributed by atoms with van der Waals surface area (Å²) in [6.07, 6.45) is 3.05. The maximum atomic E-state index is 13.9. The van der Waals surface area contributed by atoms with Crippen LogP contribution in [-0.4, -0.2) is 38.1 Å². The summed E-state index contributed by atoms with van der Waals surface area (Å²) in [6, 6.07) is 8.01. The van der Waals surface area contributed by atoms with E-state index in [1.807, 2.05) is 11.6 Å². The van der Waals surface area contributed by atoms with E-state index in [1.165, 1.54) is 17.8 Å². The van der Waals surface area contributed by atoms with Gasteiger partial charge < -0.3 is 14.4 Å². The fraction of sp³-hybridized carbons (Fsp3) is 0.333. The molecule has 0 saturated heterocycles. The van der Waals surface area contributed by atoms with E-state index in [9.17, 15) is 9.18 Å². The van der Waals surface area contributed by atoms with Gasteiger partial charge in [0, 0.05) is 25.4 Å². The van der Waals surface area contributed by atoms with E-state index in [1.54, 1.807) is 30.6 Å². The van der Waals surface area contributed by atoms with Gasteiger partial charge in [0.05, 0.1) is 16.7 Å². The number of carbonyl (C=O) groups is 1. The zero-order valence-electron chi connectivity index (χ0n) is 14.7. The fourth-order valence-electron chi connectivity index (χ4n) is 2.89. The van der Waals surface area contributed by atoms with Crippen molar-refractivity contribution in [2.24, 2.45) is 7.05 Å². The Balaban J connectivity index is 1.38. The average molecular weight is 387 g/mol. The minimum absolute atomic E-state index is 0.0746. The van der Waals surface area contributed by atoms with Crippen molar-refractivity contribution < 1.29 is 13.7 Å². The maximum absolute atomic E-state index is 13.9. The van der Waals surface area contributed by atoms with Crippen molar-refractivity contribution in [2.75, 3.05) is 12.3 Å². The number of aryl methyl sites for hydroxylation is 1. The molecule has 140 valence electrons. The Morgan fingerprint density at radius 1 is 1.41 bits per heavy atom. The predicted molar refractivity (Wildman–Crippen MR) is 97.5 cm³/mol. The number of hydrogen-bond acceptors (Lipinski definition) is 6. The molecule has 0 aliphatic heterocycles. The van der Waals surface area contributed by atoms with Crippen LogP contribution in [0.15, 0.2) is 46.3 Å². The first-order chi connectivity index (χ1) is 13.1. The first-order valence-electron chi connectivity index (χ1n) is 8.57. The number of rotatable bonds is 7. The molecule has 0 unspecified atom stereocenters. The molecule has 0 atom stereocenters. The molecule has 1 aliphatic rings. The fourth-order valence-corrected chi connectivity index (χ4v) is 3.63. The lowest BCUT2D eigenvalue weighted by molar-refractivity contribution is -0.123. The highest BCUT2D eigenvalue weighted by Crippen LogP contribution is 2.48. The lowest BCUT2D eigenvalue weighted by atomic mass is 10.0. The number of hydrogen-bond donors (Lipinski definition) is 1. The van der Waals surface area contributed by atoms with Crippen LogP contribution in [-0.2, 0) is 17.3 Å². The summed E-state index contributed by atoms with van der Waals surface area (Å²) in [5.74, 6) is 0.568. The Morgan fingerprint density at radius 3 is 2.93 bits per heavy atom. The molecule has 0 radical (unpaired) electrons. The highest BCUT2D eigenvalue weighted by atomic mass is 32.2. The minimum atomic E-state index is -0.664. The van der Waals surface area contributed by atoms with E-state index in [4.69, 9.17) is 4.52 Å². The monoisotopic (exact) mass is 387 g/mol. The molecule has 1 amide bonds. The third-order valence-corrected chi connectivity index (χ3v) is 5.65. The van der Waals surface area contributed by atoms with Gasteiger partial charge in [-0.05, 0) is 25.0 Å². The number of thioether (sulfide) groups is 1.